The maximum atomic E-state index is 3.64. The highest BCUT2D eigenvalue weighted by Crippen LogP contribution is 2.22. The number of rotatable bonds is 5. The number of aryl methyl sites for hydroxylation is 3. The maximum Gasteiger partial charge on any atom is 0.0211 e. The van der Waals surface area contributed by atoms with Gasteiger partial charge in [0.1, 0.15) is 0 Å². The third-order valence-electron chi connectivity index (χ3n) is 4.26. The smallest absolute Gasteiger partial charge is 0.0211 e. The van der Waals surface area contributed by atoms with Crippen LogP contribution in [0.2, 0.25) is 0 Å². The van der Waals surface area contributed by atoms with E-state index in [-0.39, 0.29) is 5.41 Å². The van der Waals surface area contributed by atoms with Crippen LogP contribution < -0.4 is 5.32 Å². The van der Waals surface area contributed by atoms with Crippen LogP contribution in [0.5, 0.6) is 0 Å². The van der Waals surface area contributed by atoms with Crippen molar-refractivity contribution in [3.05, 3.63) is 70.3 Å². The molecular formula is C20H27N. The first-order chi connectivity index (χ1) is 9.90. The zero-order chi connectivity index (χ0) is 15.5. The Kier molecular flexibility index (Phi) is 4.84. The molecule has 2 rings (SSSR count). The van der Waals surface area contributed by atoms with Crippen LogP contribution in [0.1, 0.15) is 41.7 Å². The lowest BCUT2D eigenvalue weighted by molar-refractivity contribution is 0.468. The van der Waals surface area contributed by atoms with Gasteiger partial charge < -0.3 is 5.32 Å². The molecule has 21 heavy (non-hydrogen) atoms. The number of nitrogens with one attached hydrogen (secondary N) is 1. The topological polar surface area (TPSA) is 12.0 Å². The summed E-state index contributed by atoms with van der Waals surface area (Å²) >= 11 is 0. The predicted octanol–water partition coefficient (Wildman–Crippen LogP) is 4.68. The third-order valence-corrected chi connectivity index (χ3v) is 4.26. The average molecular weight is 281 g/mol. The van der Waals surface area contributed by atoms with E-state index >= 15 is 0 Å². The van der Waals surface area contributed by atoms with Crippen LogP contribution in [0.25, 0.3) is 0 Å². The van der Waals surface area contributed by atoms with E-state index in [1.165, 1.54) is 27.8 Å². The van der Waals surface area contributed by atoms with Gasteiger partial charge in [0.05, 0.1) is 0 Å². The van der Waals surface area contributed by atoms with Crippen LogP contribution in [0.15, 0.2) is 42.5 Å². The number of benzene rings is 2. The third kappa shape index (κ3) is 3.95. The van der Waals surface area contributed by atoms with Crippen molar-refractivity contribution in [2.75, 3.05) is 6.54 Å². The lowest BCUT2D eigenvalue weighted by atomic mass is 9.84. The summed E-state index contributed by atoms with van der Waals surface area (Å²) < 4.78 is 0. The van der Waals surface area contributed by atoms with E-state index in [2.05, 4.69) is 82.4 Å². The zero-order valence-electron chi connectivity index (χ0n) is 14.0. The van der Waals surface area contributed by atoms with E-state index in [0.717, 1.165) is 13.1 Å². The van der Waals surface area contributed by atoms with Gasteiger partial charge in [-0.15, -0.1) is 0 Å². The van der Waals surface area contributed by atoms with E-state index in [0.29, 0.717) is 0 Å². The van der Waals surface area contributed by atoms with Gasteiger partial charge in [0, 0.05) is 18.5 Å². The van der Waals surface area contributed by atoms with Gasteiger partial charge in [0.15, 0.2) is 0 Å². The quantitative estimate of drug-likeness (QED) is 0.839. The van der Waals surface area contributed by atoms with Crippen LogP contribution in [-0.2, 0) is 12.0 Å². The maximum absolute atomic E-state index is 3.64. The molecule has 0 saturated carbocycles. The molecule has 0 bridgehead atoms. The molecule has 0 aliphatic heterocycles. The van der Waals surface area contributed by atoms with Gasteiger partial charge in [-0.3, -0.25) is 0 Å². The monoisotopic (exact) mass is 281 g/mol. The fourth-order valence-corrected chi connectivity index (χ4v) is 2.98. The molecule has 2 aromatic rings. The molecule has 0 aliphatic rings. The van der Waals surface area contributed by atoms with Gasteiger partial charge in [-0.05, 0) is 43.0 Å². The number of hydrogen-bond acceptors (Lipinski definition) is 1. The highest BCUT2D eigenvalue weighted by atomic mass is 14.9. The fourth-order valence-electron chi connectivity index (χ4n) is 2.98. The second kappa shape index (κ2) is 6.44. The van der Waals surface area contributed by atoms with Crippen LogP contribution in [0.4, 0.5) is 0 Å². The van der Waals surface area contributed by atoms with Crippen molar-refractivity contribution in [1.29, 1.82) is 0 Å². The van der Waals surface area contributed by atoms with E-state index in [1.807, 2.05) is 0 Å². The number of hydrogen-bond donors (Lipinski definition) is 1. The first-order valence-electron chi connectivity index (χ1n) is 7.73. The van der Waals surface area contributed by atoms with Gasteiger partial charge in [-0.1, -0.05) is 61.9 Å². The summed E-state index contributed by atoms with van der Waals surface area (Å²) in [6, 6.07) is 15.3. The second-order valence-electron chi connectivity index (χ2n) is 6.73. The van der Waals surface area contributed by atoms with Crippen LogP contribution >= 0.6 is 0 Å². The largest absolute Gasteiger partial charge is 0.312 e. The van der Waals surface area contributed by atoms with E-state index < -0.39 is 0 Å². The van der Waals surface area contributed by atoms with Crippen molar-refractivity contribution in [2.45, 2.75) is 46.6 Å². The Hall–Kier alpha value is -1.60. The molecule has 112 valence electrons. The molecule has 1 nitrogen and oxygen atoms in total. The summed E-state index contributed by atoms with van der Waals surface area (Å²) in [5, 5.41) is 3.64. The van der Waals surface area contributed by atoms with Crippen molar-refractivity contribution < 1.29 is 0 Å². The van der Waals surface area contributed by atoms with E-state index in [9.17, 15) is 0 Å². The summed E-state index contributed by atoms with van der Waals surface area (Å²) in [4.78, 5) is 0. The molecule has 1 N–H and O–H groups in total. The minimum Gasteiger partial charge on any atom is -0.312 e. The van der Waals surface area contributed by atoms with Crippen molar-refractivity contribution in [3.63, 3.8) is 0 Å². The molecule has 0 unspecified atom stereocenters. The molecule has 2 aromatic carbocycles. The Morgan fingerprint density at radius 3 is 2.05 bits per heavy atom. The van der Waals surface area contributed by atoms with Crippen molar-refractivity contribution >= 4 is 0 Å². The fraction of sp³-hybridized carbons (Fsp3) is 0.400. The van der Waals surface area contributed by atoms with Gasteiger partial charge in [-0.25, -0.2) is 0 Å². The van der Waals surface area contributed by atoms with Crippen LogP contribution in [-0.4, -0.2) is 6.54 Å². The van der Waals surface area contributed by atoms with E-state index in [4.69, 9.17) is 0 Å². The lowest BCUT2D eigenvalue weighted by Crippen LogP contribution is -2.32. The van der Waals surface area contributed by atoms with Crippen LogP contribution in [0, 0.1) is 20.8 Å². The molecule has 0 amide bonds. The highest BCUT2D eigenvalue weighted by Gasteiger charge is 2.19. The molecule has 0 radical (unpaired) electrons. The summed E-state index contributed by atoms with van der Waals surface area (Å²) in [5.41, 5.74) is 7.08. The zero-order valence-corrected chi connectivity index (χ0v) is 14.0. The minimum atomic E-state index is 0.147. The van der Waals surface area contributed by atoms with Crippen molar-refractivity contribution in [1.82, 2.24) is 5.32 Å². The summed E-state index contributed by atoms with van der Waals surface area (Å²) in [5.74, 6) is 0. The first kappa shape index (κ1) is 15.8. The highest BCUT2D eigenvalue weighted by molar-refractivity contribution is 5.37. The van der Waals surface area contributed by atoms with Gasteiger partial charge >= 0.3 is 0 Å². The van der Waals surface area contributed by atoms with Gasteiger partial charge in [0.2, 0.25) is 0 Å². The first-order valence-corrected chi connectivity index (χ1v) is 7.73. The van der Waals surface area contributed by atoms with Crippen LogP contribution in [0.3, 0.4) is 0 Å². The molecule has 0 atom stereocenters. The normalized spacial score (nSPS) is 11.7. The lowest BCUT2D eigenvalue weighted by Gasteiger charge is -2.26. The molecule has 0 fully saturated rings. The Labute approximate surface area is 129 Å². The molecule has 1 heteroatoms. The molecule has 0 aromatic heterocycles. The molecule has 0 saturated heterocycles. The summed E-state index contributed by atoms with van der Waals surface area (Å²) in [7, 11) is 0. The molecule has 0 aliphatic carbocycles. The Morgan fingerprint density at radius 1 is 0.905 bits per heavy atom. The Bertz CT molecular complexity index is 573. The predicted molar refractivity (Wildman–Crippen MR) is 91.8 cm³/mol. The standard InChI is InChI=1S/C20H27N/c1-15-11-16(2)19(17(3)12-15)13-21-14-20(4,5)18-9-7-6-8-10-18/h6-12,21H,13-14H2,1-5H3. The summed E-state index contributed by atoms with van der Waals surface area (Å²) in [6.45, 7) is 13.1. The molecule has 0 heterocycles. The minimum absolute atomic E-state index is 0.147. The SMILES string of the molecule is Cc1cc(C)c(CNCC(C)(C)c2ccccc2)c(C)c1. The molecular weight excluding hydrogens is 254 g/mol. The van der Waals surface area contributed by atoms with E-state index in [1.54, 1.807) is 0 Å². The van der Waals surface area contributed by atoms with Gasteiger partial charge in [0.25, 0.3) is 0 Å². The van der Waals surface area contributed by atoms with Crippen molar-refractivity contribution in [2.24, 2.45) is 0 Å². The Balaban J connectivity index is 2.02. The second-order valence-corrected chi connectivity index (χ2v) is 6.73. The summed E-state index contributed by atoms with van der Waals surface area (Å²) in [6.07, 6.45) is 0. The average Bonchev–Trinajstić information content (AvgIpc) is 2.42. The molecule has 0 spiro atoms. The van der Waals surface area contributed by atoms with Crippen molar-refractivity contribution in [3.8, 4) is 0 Å². The Morgan fingerprint density at radius 2 is 1.48 bits per heavy atom. The van der Waals surface area contributed by atoms with Gasteiger partial charge in [-0.2, -0.15) is 0 Å².